The van der Waals surface area contributed by atoms with Crippen LogP contribution in [0.5, 0.6) is 0 Å². The summed E-state index contributed by atoms with van der Waals surface area (Å²) in [4.78, 5) is 16.2. The minimum absolute atomic E-state index is 0.237. The zero-order chi connectivity index (χ0) is 18.0. The Morgan fingerprint density at radius 2 is 1.80 bits per heavy atom. The van der Waals surface area contributed by atoms with Crippen molar-refractivity contribution in [3.8, 4) is 11.3 Å². The number of nitrogens with two attached hydrogens (primary N) is 1. The van der Waals surface area contributed by atoms with Gasteiger partial charge in [-0.15, -0.1) is 0 Å². The molecule has 1 aromatic carbocycles. The number of rotatable bonds is 2. The van der Waals surface area contributed by atoms with Crippen LogP contribution in [0.1, 0.15) is 20.8 Å². The monoisotopic (exact) mass is 343 g/mol. The Labute approximate surface area is 147 Å². The molecule has 0 aliphatic carbocycles. The Hall–Kier alpha value is -2.70. The van der Waals surface area contributed by atoms with Crippen molar-refractivity contribution in [2.75, 3.05) is 36.8 Å². The number of aromatic amines is 1. The molecular formula is C18H25N5O2. The maximum atomic E-state index is 12.1. The quantitative estimate of drug-likeness (QED) is 0.875. The molecule has 3 rings (SSSR count). The number of hydrogen-bond donors (Lipinski definition) is 2. The average Bonchev–Trinajstić information content (AvgIpc) is 3.00. The molecule has 7 nitrogen and oxygen atoms in total. The van der Waals surface area contributed by atoms with E-state index >= 15 is 0 Å². The van der Waals surface area contributed by atoms with Crippen molar-refractivity contribution in [1.29, 1.82) is 0 Å². The van der Waals surface area contributed by atoms with Crippen LogP contribution in [-0.4, -0.2) is 53.0 Å². The van der Waals surface area contributed by atoms with Crippen molar-refractivity contribution in [1.82, 2.24) is 15.1 Å². The van der Waals surface area contributed by atoms with Crippen LogP contribution in [0.3, 0.4) is 0 Å². The number of carbonyl (C=O) groups excluding carboxylic acids is 1. The second-order valence-electron chi connectivity index (χ2n) is 7.21. The summed E-state index contributed by atoms with van der Waals surface area (Å²) in [5.41, 5.74) is 8.27. The molecule has 0 unspecified atom stereocenters. The van der Waals surface area contributed by atoms with Crippen LogP contribution in [0.2, 0.25) is 0 Å². The maximum Gasteiger partial charge on any atom is 0.410 e. The SMILES string of the molecule is CC(C)(C)OC(=O)N1CCN(c2ccc(-c3cc(N)n[nH]3)cc2)CC1. The highest BCUT2D eigenvalue weighted by Crippen LogP contribution is 2.24. The average molecular weight is 343 g/mol. The maximum absolute atomic E-state index is 12.1. The standard InChI is InChI=1S/C18H25N5O2/c1-18(2,3)25-17(24)23-10-8-22(9-11-23)14-6-4-13(5-7-14)15-12-16(19)21-20-15/h4-7,12H,8-11H2,1-3H3,(H3,19,20,21). The lowest BCUT2D eigenvalue weighted by atomic mass is 10.1. The normalized spacial score (nSPS) is 15.3. The third kappa shape index (κ3) is 4.23. The van der Waals surface area contributed by atoms with Gasteiger partial charge in [0.2, 0.25) is 0 Å². The van der Waals surface area contributed by atoms with E-state index in [0.29, 0.717) is 18.9 Å². The van der Waals surface area contributed by atoms with Crippen LogP contribution in [0.25, 0.3) is 11.3 Å². The molecule has 1 fully saturated rings. The predicted molar refractivity (Wildman–Crippen MR) is 98.5 cm³/mol. The predicted octanol–water partition coefficient (Wildman–Crippen LogP) is 2.72. The first-order chi connectivity index (χ1) is 11.8. The van der Waals surface area contributed by atoms with Crippen LogP contribution in [0, 0.1) is 0 Å². The summed E-state index contributed by atoms with van der Waals surface area (Å²) in [7, 11) is 0. The Balaban J connectivity index is 1.59. The molecule has 0 atom stereocenters. The molecule has 134 valence electrons. The number of H-pyrrole nitrogens is 1. The summed E-state index contributed by atoms with van der Waals surface area (Å²) in [5, 5.41) is 6.86. The lowest BCUT2D eigenvalue weighted by Crippen LogP contribution is -2.50. The highest BCUT2D eigenvalue weighted by Gasteiger charge is 2.25. The number of piperazine rings is 1. The van der Waals surface area contributed by atoms with Gasteiger partial charge in [0.05, 0.1) is 5.69 Å². The van der Waals surface area contributed by atoms with Crippen molar-refractivity contribution in [3.63, 3.8) is 0 Å². The van der Waals surface area contributed by atoms with Crippen LogP contribution >= 0.6 is 0 Å². The van der Waals surface area contributed by atoms with Crippen molar-refractivity contribution < 1.29 is 9.53 Å². The fraction of sp³-hybridized carbons (Fsp3) is 0.444. The number of benzene rings is 1. The topological polar surface area (TPSA) is 87.5 Å². The van der Waals surface area contributed by atoms with Gasteiger partial charge in [-0.25, -0.2) is 4.79 Å². The summed E-state index contributed by atoms with van der Waals surface area (Å²) < 4.78 is 5.43. The molecule has 1 aliphatic rings. The number of amides is 1. The second kappa shape index (κ2) is 6.66. The number of ether oxygens (including phenoxy) is 1. The van der Waals surface area contributed by atoms with E-state index in [2.05, 4.69) is 27.2 Å². The summed E-state index contributed by atoms with van der Waals surface area (Å²) in [5.74, 6) is 0.484. The van der Waals surface area contributed by atoms with Crippen molar-refractivity contribution in [2.45, 2.75) is 26.4 Å². The molecule has 7 heteroatoms. The van der Waals surface area contributed by atoms with Gasteiger partial charge in [-0.3, -0.25) is 5.10 Å². The van der Waals surface area contributed by atoms with Gasteiger partial charge in [-0.05, 0) is 38.5 Å². The van der Waals surface area contributed by atoms with E-state index in [9.17, 15) is 4.79 Å². The van der Waals surface area contributed by atoms with Crippen molar-refractivity contribution in [2.24, 2.45) is 0 Å². The zero-order valence-electron chi connectivity index (χ0n) is 15.0. The minimum atomic E-state index is -0.458. The first-order valence-electron chi connectivity index (χ1n) is 8.46. The molecule has 1 aromatic heterocycles. The third-order valence-electron chi connectivity index (χ3n) is 4.07. The number of nitrogens with zero attached hydrogens (tertiary/aromatic N) is 3. The van der Waals surface area contributed by atoms with E-state index in [-0.39, 0.29) is 6.09 Å². The third-order valence-corrected chi connectivity index (χ3v) is 4.07. The molecule has 25 heavy (non-hydrogen) atoms. The first-order valence-corrected chi connectivity index (χ1v) is 8.46. The Bertz CT molecular complexity index is 725. The second-order valence-corrected chi connectivity index (χ2v) is 7.21. The fourth-order valence-corrected chi connectivity index (χ4v) is 2.81. The van der Waals surface area contributed by atoms with E-state index in [1.54, 1.807) is 4.90 Å². The van der Waals surface area contributed by atoms with Crippen LogP contribution < -0.4 is 10.6 Å². The number of carbonyl (C=O) groups is 1. The molecule has 0 saturated carbocycles. The Kier molecular flexibility index (Phi) is 4.57. The molecular weight excluding hydrogens is 318 g/mol. The molecule has 0 radical (unpaired) electrons. The molecule has 0 spiro atoms. The van der Waals surface area contributed by atoms with Gasteiger partial charge in [-0.1, -0.05) is 12.1 Å². The van der Waals surface area contributed by atoms with Crippen LogP contribution in [-0.2, 0) is 4.74 Å². The largest absolute Gasteiger partial charge is 0.444 e. The van der Waals surface area contributed by atoms with Gasteiger partial charge in [0.15, 0.2) is 0 Å². The van der Waals surface area contributed by atoms with Gasteiger partial charge in [0.25, 0.3) is 0 Å². The lowest BCUT2D eigenvalue weighted by Gasteiger charge is -2.36. The summed E-state index contributed by atoms with van der Waals surface area (Å²) in [6.45, 7) is 8.55. The summed E-state index contributed by atoms with van der Waals surface area (Å²) >= 11 is 0. The van der Waals surface area contributed by atoms with Crippen LogP contribution in [0.4, 0.5) is 16.3 Å². The lowest BCUT2D eigenvalue weighted by molar-refractivity contribution is 0.0240. The van der Waals surface area contributed by atoms with Crippen LogP contribution in [0.15, 0.2) is 30.3 Å². The number of aromatic nitrogens is 2. The first kappa shape index (κ1) is 17.1. The van der Waals surface area contributed by atoms with E-state index in [1.807, 2.05) is 39.0 Å². The van der Waals surface area contributed by atoms with E-state index in [4.69, 9.17) is 10.5 Å². The number of hydrogen-bond acceptors (Lipinski definition) is 5. The highest BCUT2D eigenvalue weighted by atomic mass is 16.6. The van der Waals surface area contributed by atoms with Gasteiger partial charge in [0.1, 0.15) is 11.4 Å². The molecule has 1 aliphatic heterocycles. The van der Waals surface area contributed by atoms with Gasteiger partial charge < -0.3 is 20.3 Å². The number of nitrogen functional groups attached to an aromatic ring is 1. The highest BCUT2D eigenvalue weighted by molar-refractivity contribution is 5.69. The van der Waals surface area contributed by atoms with Gasteiger partial charge in [0, 0.05) is 37.9 Å². The molecule has 1 saturated heterocycles. The Morgan fingerprint density at radius 3 is 2.32 bits per heavy atom. The molecule has 2 heterocycles. The van der Waals surface area contributed by atoms with Gasteiger partial charge in [-0.2, -0.15) is 5.10 Å². The number of anilines is 2. The van der Waals surface area contributed by atoms with E-state index in [1.165, 1.54) is 0 Å². The molecule has 3 N–H and O–H groups in total. The van der Waals surface area contributed by atoms with Crippen molar-refractivity contribution >= 4 is 17.6 Å². The molecule has 2 aromatic rings. The van der Waals surface area contributed by atoms with E-state index in [0.717, 1.165) is 30.0 Å². The van der Waals surface area contributed by atoms with E-state index < -0.39 is 5.60 Å². The number of nitrogens with one attached hydrogen (secondary N) is 1. The summed E-state index contributed by atoms with van der Waals surface area (Å²) in [6, 6.07) is 10.1. The smallest absolute Gasteiger partial charge is 0.410 e. The summed E-state index contributed by atoms with van der Waals surface area (Å²) in [6.07, 6.45) is -0.237. The molecule has 0 bridgehead atoms. The Morgan fingerprint density at radius 1 is 1.16 bits per heavy atom. The fourth-order valence-electron chi connectivity index (χ4n) is 2.81. The van der Waals surface area contributed by atoms with Crippen molar-refractivity contribution in [3.05, 3.63) is 30.3 Å². The molecule has 1 amide bonds. The zero-order valence-corrected chi connectivity index (χ0v) is 15.0. The van der Waals surface area contributed by atoms with Gasteiger partial charge >= 0.3 is 6.09 Å². The minimum Gasteiger partial charge on any atom is -0.444 e.